The molecule has 0 bridgehead atoms. The Hall–Kier alpha value is -2.38. The lowest BCUT2D eigenvalue weighted by Gasteiger charge is -2.32. The number of hydrogen-bond acceptors (Lipinski definition) is 7. The first-order valence-electron chi connectivity index (χ1n) is 8.88. The molecule has 0 unspecified atom stereocenters. The molecule has 0 radical (unpaired) electrons. The van der Waals surface area contributed by atoms with Crippen molar-refractivity contribution in [2.75, 3.05) is 18.4 Å². The summed E-state index contributed by atoms with van der Waals surface area (Å²) in [6, 6.07) is 4.28. The van der Waals surface area contributed by atoms with Crippen LogP contribution >= 0.6 is 11.3 Å². The summed E-state index contributed by atoms with van der Waals surface area (Å²) < 4.78 is 0. The van der Waals surface area contributed by atoms with Crippen molar-refractivity contribution in [2.45, 2.75) is 32.2 Å². The second kappa shape index (κ2) is 7.88. The summed E-state index contributed by atoms with van der Waals surface area (Å²) in [5.41, 5.74) is 4.46. The molecule has 0 aromatic carbocycles. The highest BCUT2D eigenvalue weighted by Gasteiger charge is 2.21. The van der Waals surface area contributed by atoms with Crippen molar-refractivity contribution in [1.82, 2.24) is 24.8 Å². The van der Waals surface area contributed by atoms with Gasteiger partial charge in [0.1, 0.15) is 11.6 Å². The molecule has 4 heterocycles. The Bertz CT molecular complexity index is 842. The lowest BCUT2D eigenvalue weighted by molar-refractivity contribution is 0.206. The van der Waals surface area contributed by atoms with Gasteiger partial charge in [-0.2, -0.15) is 0 Å². The molecule has 0 amide bonds. The minimum Gasteiger partial charge on any atom is -0.324 e. The van der Waals surface area contributed by atoms with E-state index in [1.807, 2.05) is 11.7 Å². The van der Waals surface area contributed by atoms with Crippen LogP contribution in [0.3, 0.4) is 0 Å². The van der Waals surface area contributed by atoms with E-state index in [0.717, 1.165) is 25.5 Å². The Morgan fingerprint density at radius 1 is 1.12 bits per heavy atom. The minimum atomic E-state index is 0.583. The van der Waals surface area contributed by atoms with Gasteiger partial charge in [0.2, 0.25) is 0 Å². The molecule has 1 saturated heterocycles. The quantitative estimate of drug-likeness (QED) is 0.742. The summed E-state index contributed by atoms with van der Waals surface area (Å²) in [6.45, 7) is 5.37. The number of nitrogens with one attached hydrogen (secondary N) is 1. The molecule has 1 aliphatic heterocycles. The van der Waals surface area contributed by atoms with Crippen LogP contribution in [0.4, 0.5) is 11.6 Å². The van der Waals surface area contributed by atoms with Crippen molar-refractivity contribution in [2.24, 2.45) is 0 Å². The highest BCUT2D eigenvalue weighted by Crippen LogP contribution is 2.30. The highest BCUT2D eigenvalue weighted by molar-refractivity contribution is 7.09. The standard InChI is InChI=1S/C19H22N6S/c1-14-17(26-13-23-14)12-25-8-3-15(4-9-25)16-2-5-21-18(10-16)24-19-11-20-6-7-22-19/h2,5-7,10-11,13,15H,3-4,8-9,12H2,1H3,(H,21,22,24). The third kappa shape index (κ3) is 4.05. The molecule has 26 heavy (non-hydrogen) atoms. The van der Waals surface area contributed by atoms with Gasteiger partial charge in [0.05, 0.1) is 17.4 Å². The first-order valence-corrected chi connectivity index (χ1v) is 9.76. The molecule has 0 spiro atoms. The van der Waals surface area contributed by atoms with Crippen LogP contribution in [0.1, 0.15) is 34.9 Å². The minimum absolute atomic E-state index is 0.583. The van der Waals surface area contributed by atoms with Gasteiger partial charge in [-0.05, 0) is 56.5 Å². The summed E-state index contributed by atoms with van der Waals surface area (Å²) in [4.78, 5) is 21.0. The van der Waals surface area contributed by atoms with Crippen LogP contribution in [0.2, 0.25) is 0 Å². The molecular formula is C19H22N6S. The van der Waals surface area contributed by atoms with Crippen LogP contribution in [-0.4, -0.2) is 37.9 Å². The zero-order valence-electron chi connectivity index (χ0n) is 14.8. The van der Waals surface area contributed by atoms with E-state index in [2.05, 4.69) is 49.2 Å². The predicted octanol–water partition coefficient (Wildman–Crippen LogP) is 3.76. The van der Waals surface area contributed by atoms with E-state index in [9.17, 15) is 0 Å². The van der Waals surface area contributed by atoms with Gasteiger partial charge in [0, 0.05) is 30.0 Å². The molecule has 4 rings (SSSR count). The molecule has 6 nitrogen and oxygen atoms in total. The van der Waals surface area contributed by atoms with E-state index in [1.54, 1.807) is 29.9 Å². The molecule has 1 N–H and O–H groups in total. The lowest BCUT2D eigenvalue weighted by Crippen LogP contribution is -2.32. The average molecular weight is 366 g/mol. The molecular weight excluding hydrogens is 344 g/mol. The zero-order chi connectivity index (χ0) is 17.8. The van der Waals surface area contributed by atoms with E-state index in [4.69, 9.17) is 0 Å². The van der Waals surface area contributed by atoms with Crippen LogP contribution in [-0.2, 0) is 6.54 Å². The number of hydrogen-bond donors (Lipinski definition) is 1. The van der Waals surface area contributed by atoms with Crippen molar-refractivity contribution < 1.29 is 0 Å². The molecule has 1 aliphatic rings. The van der Waals surface area contributed by atoms with Gasteiger partial charge in [0.15, 0.2) is 0 Å². The van der Waals surface area contributed by atoms with Gasteiger partial charge in [-0.3, -0.25) is 9.88 Å². The van der Waals surface area contributed by atoms with E-state index in [-0.39, 0.29) is 0 Å². The molecule has 1 fully saturated rings. The van der Waals surface area contributed by atoms with Crippen LogP contribution in [0.25, 0.3) is 0 Å². The van der Waals surface area contributed by atoms with Crippen molar-refractivity contribution in [3.8, 4) is 0 Å². The van der Waals surface area contributed by atoms with E-state index < -0.39 is 0 Å². The maximum absolute atomic E-state index is 4.41. The molecule has 7 heteroatoms. The normalized spacial score (nSPS) is 15.9. The number of pyridine rings is 1. The number of aryl methyl sites for hydroxylation is 1. The van der Waals surface area contributed by atoms with Crippen LogP contribution in [0.15, 0.2) is 42.4 Å². The first kappa shape index (κ1) is 17.1. The van der Waals surface area contributed by atoms with Gasteiger partial charge < -0.3 is 5.32 Å². The Kier molecular flexibility index (Phi) is 5.17. The van der Waals surface area contributed by atoms with Crippen molar-refractivity contribution >= 4 is 23.0 Å². The van der Waals surface area contributed by atoms with Gasteiger partial charge in [0.25, 0.3) is 0 Å². The number of rotatable bonds is 5. The SMILES string of the molecule is Cc1ncsc1CN1CCC(c2ccnc(Nc3cnccn3)c2)CC1. The Labute approximate surface area is 157 Å². The summed E-state index contributed by atoms with van der Waals surface area (Å²) in [6.07, 6.45) is 9.26. The molecule has 0 saturated carbocycles. The fraction of sp³-hybridized carbons (Fsp3) is 0.368. The fourth-order valence-electron chi connectivity index (χ4n) is 3.37. The second-order valence-corrected chi connectivity index (χ2v) is 7.54. The van der Waals surface area contributed by atoms with Crippen LogP contribution < -0.4 is 5.32 Å². The maximum atomic E-state index is 4.41. The maximum Gasteiger partial charge on any atom is 0.150 e. The van der Waals surface area contributed by atoms with E-state index in [1.165, 1.54) is 29.0 Å². The number of anilines is 2. The van der Waals surface area contributed by atoms with Crippen LogP contribution in [0.5, 0.6) is 0 Å². The molecule has 0 aliphatic carbocycles. The lowest BCUT2D eigenvalue weighted by atomic mass is 9.90. The number of piperidine rings is 1. The van der Waals surface area contributed by atoms with Gasteiger partial charge in [-0.1, -0.05) is 0 Å². The van der Waals surface area contributed by atoms with Gasteiger partial charge in [-0.15, -0.1) is 11.3 Å². The van der Waals surface area contributed by atoms with Crippen molar-refractivity contribution in [1.29, 1.82) is 0 Å². The molecule has 3 aromatic heterocycles. The Morgan fingerprint density at radius 2 is 1.96 bits per heavy atom. The zero-order valence-corrected chi connectivity index (χ0v) is 15.6. The number of aromatic nitrogens is 4. The van der Waals surface area contributed by atoms with Gasteiger partial charge in [-0.25, -0.2) is 15.0 Å². The first-order chi connectivity index (χ1) is 12.8. The third-order valence-corrected chi connectivity index (χ3v) is 5.79. The fourth-order valence-corrected chi connectivity index (χ4v) is 4.19. The van der Waals surface area contributed by atoms with Gasteiger partial charge >= 0.3 is 0 Å². The van der Waals surface area contributed by atoms with Crippen LogP contribution in [0, 0.1) is 6.92 Å². The molecule has 3 aromatic rings. The highest BCUT2D eigenvalue weighted by atomic mass is 32.1. The Morgan fingerprint density at radius 3 is 2.69 bits per heavy atom. The van der Waals surface area contributed by atoms with Crippen molar-refractivity contribution in [3.05, 3.63) is 58.6 Å². The topological polar surface area (TPSA) is 66.8 Å². The van der Waals surface area contributed by atoms with E-state index >= 15 is 0 Å². The number of nitrogens with zero attached hydrogens (tertiary/aromatic N) is 5. The second-order valence-electron chi connectivity index (χ2n) is 6.60. The monoisotopic (exact) mass is 366 g/mol. The molecule has 0 atom stereocenters. The van der Waals surface area contributed by atoms with E-state index in [0.29, 0.717) is 11.7 Å². The van der Waals surface area contributed by atoms with Crippen molar-refractivity contribution in [3.63, 3.8) is 0 Å². The average Bonchev–Trinajstić information content (AvgIpc) is 3.08. The summed E-state index contributed by atoms with van der Waals surface area (Å²) in [7, 11) is 0. The predicted molar refractivity (Wildman–Crippen MR) is 104 cm³/mol. The Balaban J connectivity index is 1.37. The summed E-state index contributed by atoms with van der Waals surface area (Å²) in [5, 5.41) is 3.23. The molecule has 134 valence electrons. The third-order valence-electron chi connectivity index (χ3n) is 4.87. The largest absolute Gasteiger partial charge is 0.324 e. The number of thiazole rings is 1. The number of likely N-dealkylation sites (tertiary alicyclic amines) is 1. The summed E-state index contributed by atoms with van der Waals surface area (Å²) in [5.74, 6) is 2.12. The smallest absolute Gasteiger partial charge is 0.150 e. The summed E-state index contributed by atoms with van der Waals surface area (Å²) >= 11 is 1.76.